The average Bonchev–Trinajstić information content (AvgIpc) is 2.69. The van der Waals surface area contributed by atoms with E-state index < -0.39 is 30.7 Å². The van der Waals surface area contributed by atoms with Crippen molar-refractivity contribution >= 4 is 11.9 Å². The Balaban J connectivity index is 2.32. The molecule has 0 saturated carbocycles. The van der Waals surface area contributed by atoms with Crippen LogP contribution in [0.25, 0.3) is 0 Å². The lowest BCUT2D eigenvalue weighted by atomic mass is 10.2. The number of halogens is 3. The molecular weight excluding hydrogens is 291 g/mol. The van der Waals surface area contributed by atoms with Crippen molar-refractivity contribution < 1.29 is 27.5 Å². The average molecular weight is 311 g/mol. The molecule has 2 N–H and O–H groups in total. The summed E-state index contributed by atoms with van der Waals surface area (Å²) in [6, 6.07) is -1.46. The quantitative estimate of drug-likeness (QED) is 0.765. The largest absolute Gasteiger partial charge is 0.406 e. The van der Waals surface area contributed by atoms with Gasteiger partial charge < -0.3 is 20.3 Å². The molecule has 1 saturated heterocycles. The number of urea groups is 1. The van der Waals surface area contributed by atoms with E-state index in [1.165, 1.54) is 0 Å². The molecule has 0 spiro atoms. The van der Waals surface area contributed by atoms with Gasteiger partial charge in [0.25, 0.3) is 0 Å². The van der Waals surface area contributed by atoms with E-state index in [1.807, 2.05) is 6.92 Å². The molecule has 1 rings (SSSR count). The van der Waals surface area contributed by atoms with Gasteiger partial charge in [0.05, 0.1) is 6.10 Å². The van der Waals surface area contributed by atoms with Gasteiger partial charge in [0.1, 0.15) is 12.6 Å². The number of ether oxygens (including phenoxy) is 1. The summed E-state index contributed by atoms with van der Waals surface area (Å²) in [5, 5.41) is 4.92. The number of nitrogens with one attached hydrogen (secondary N) is 2. The number of nitrogens with zero attached hydrogens (tertiary/aromatic N) is 1. The van der Waals surface area contributed by atoms with Crippen LogP contribution in [0.2, 0.25) is 0 Å². The fourth-order valence-electron chi connectivity index (χ4n) is 1.96. The number of carbonyl (C=O) groups is 2. The number of rotatable bonds is 6. The van der Waals surface area contributed by atoms with E-state index in [4.69, 9.17) is 4.74 Å². The van der Waals surface area contributed by atoms with Crippen molar-refractivity contribution in [2.24, 2.45) is 0 Å². The van der Waals surface area contributed by atoms with Crippen molar-refractivity contribution in [1.29, 1.82) is 0 Å². The SMILES string of the molecule is CO[C@@H](C)CCNC(=O)N[C@@H]1CCN(CC(F)(F)F)C1=O. The minimum absolute atomic E-state index is 0.00992. The van der Waals surface area contributed by atoms with Crippen LogP contribution in [-0.2, 0) is 9.53 Å². The first-order valence-corrected chi connectivity index (χ1v) is 6.65. The molecule has 1 aliphatic heterocycles. The topological polar surface area (TPSA) is 70.7 Å². The van der Waals surface area contributed by atoms with Crippen LogP contribution < -0.4 is 10.6 Å². The van der Waals surface area contributed by atoms with E-state index in [0.717, 1.165) is 0 Å². The number of likely N-dealkylation sites (tertiary alicyclic amines) is 1. The third kappa shape index (κ3) is 6.19. The Bertz CT molecular complexity index is 376. The third-order valence-corrected chi connectivity index (χ3v) is 3.21. The number of carbonyl (C=O) groups excluding carboxylic acids is 2. The zero-order valence-corrected chi connectivity index (χ0v) is 12.0. The Hall–Kier alpha value is -1.51. The number of methoxy groups -OCH3 is 1. The summed E-state index contributed by atoms with van der Waals surface area (Å²) >= 11 is 0. The van der Waals surface area contributed by atoms with E-state index in [9.17, 15) is 22.8 Å². The summed E-state index contributed by atoms with van der Waals surface area (Å²) in [5.41, 5.74) is 0. The standard InChI is InChI=1S/C12H20F3N3O3/c1-8(21-2)3-5-16-11(20)17-9-4-6-18(10(9)19)7-12(13,14)15/h8-9H,3-7H2,1-2H3,(H2,16,17,20)/t8-,9+/m0/s1. The van der Waals surface area contributed by atoms with Crippen LogP contribution in [0.5, 0.6) is 0 Å². The van der Waals surface area contributed by atoms with Crippen LogP contribution in [0.4, 0.5) is 18.0 Å². The predicted octanol–water partition coefficient (Wildman–Crippen LogP) is 0.874. The first kappa shape index (κ1) is 17.5. The number of amides is 3. The Morgan fingerprint density at radius 2 is 2.19 bits per heavy atom. The minimum Gasteiger partial charge on any atom is -0.382 e. The van der Waals surface area contributed by atoms with Crippen LogP contribution in [0.1, 0.15) is 19.8 Å². The highest BCUT2D eigenvalue weighted by Crippen LogP contribution is 2.20. The van der Waals surface area contributed by atoms with Crippen LogP contribution >= 0.6 is 0 Å². The molecular formula is C12H20F3N3O3. The van der Waals surface area contributed by atoms with Gasteiger partial charge in [0, 0.05) is 20.2 Å². The summed E-state index contributed by atoms with van der Waals surface area (Å²) < 4.78 is 41.7. The van der Waals surface area contributed by atoms with Gasteiger partial charge in [-0.2, -0.15) is 13.2 Å². The molecule has 21 heavy (non-hydrogen) atoms. The normalized spacial score (nSPS) is 20.5. The molecule has 0 aromatic heterocycles. The summed E-state index contributed by atoms with van der Waals surface area (Å²) in [6.45, 7) is 0.907. The molecule has 1 aliphatic rings. The maximum Gasteiger partial charge on any atom is 0.406 e. The van der Waals surface area contributed by atoms with Crippen molar-refractivity contribution in [1.82, 2.24) is 15.5 Å². The Morgan fingerprint density at radius 1 is 1.52 bits per heavy atom. The third-order valence-electron chi connectivity index (χ3n) is 3.21. The predicted molar refractivity (Wildman–Crippen MR) is 68.7 cm³/mol. The zero-order chi connectivity index (χ0) is 16.0. The first-order valence-electron chi connectivity index (χ1n) is 6.65. The number of alkyl halides is 3. The minimum atomic E-state index is -4.43. The summed E-state index contributed by atoms with van der Waals surface area (Å²) in [7, 11) is 1.55. The number of hydrogen-bond acceptors (Lipinski definition) is 3. The summed E-state index contributed by atoms with van der Waals surface area (Å²) in [4.78, 5) is 24.0. The highest BCUT2D eigenvalue weighted by Gasteiger charge is 2.39. The first-order chi connectivity index (χ1) is 9.73. The van der Waals surface area contributed by atoms with E-state index in [0.29, 0.717) is 17.9 Å². The maximum absolute atomic E-state index is 12.2. The number of hydrogen-bond donors (Lipinski definition) is 2. The molecule has 0 unspecified atom stereocenters. The molecule has 3 amide bonds. The second-order valence-corrected chi connectivity index (χ2v) is 4.95. The molecule has 0 bridgehead atoms. The van der Waals surface area contributed by atoms with Gasteiger partial charge >= 0.3 is 12.2 Å². The van der Waals surface area contributed by atoms with Gasteiger partial charge in [-0.05, 0) is 19.8 Å². The fourth-order valence-corrected chi connectivity index (χ4v) is 1.96. The maximum atomic E-state index is 12.2. The van der Waals surface area contributed by atoms with Crippen LogP contribution in [-0.4, -0.2) is 61.9 Å². The van der Waals surface area contributed by atoms with E-state index in [2.05, 4.69) is 10.6 Å². The highest BCUT2D eigenvalue weighted by molar-refractivity contribution is 5.88. The molecule has 0 aromatic rings. The van der Waals surface area contributed by atoms with Gasteiger partial charge in [0.2, 0.25) is 5.91 Å². The van der Waals surface area contributed by atoms with E-state index in [-0.39, 0.29) is 19.1 Å². The Kier molecular flexibility index (Phi) is 6.25. The fraction of sp³-hybridized carbons (Fsp3) is 0.833. The molecule has 2 atom stereocenters. The van der Waals surface area contributed by atoms with Gasteiger partial charge in [-0.15, -0.1) is 0 Å². The van der Waals surface area contributed by atoms with Crippen LogP contribution in [0, 0.1) is 0 Å². The van der Waals surface area contributed by atoms with Gasteiger partial charge in [-0.1, -0.05) is 0 Å². The summed E-state index contributed by atoms with van der Waals surface area (Å²) in [6.07, 6.45) is -3.66. The Labute approximate surface area is 121 Å². The van der Waals surface area contributed by atoms with Crippen molar-refractivity contribution in [3.05, 3.63) is 0 Å². The van der Waals surface area contributed by atoms with Crippen LogP contribution in [0.15, 0.2) is 0 Å². The lowest BCUT2D eigenvalue weighted by Crippen LogP contribution is -2.47. The molecule has 122 valence electrons. The second-order valence-electron chi connectivity index (χ2n) is 4.95. The molecule has 1 fully saturated rings. The lowest BCUT2D eigenvalue weighted by molar-refractivity contribution is -0.157. The van der Waals surface area contributed by atoms with Crippen LogP contribution in [0.3, 0.4) is 0 Å². The highest BCUT2D eigenvalue weighted by atomic mass is 19.4. The smallest absolute Gasteiger partial charge is 0.382 e. The van der Waals surface area contributed by atoms with Gasteiger partial charge in [-0.25, -0.2) is 4.79 Å². The monoisotopic (exact) mass is 311 g/mol. The van der Waals surface area contributed by atoms with Crippen molar-refractivity contribution in [3.63, 3.8) is 0 Å². The van der Waals surface area contributed by atoms with Gasteiger partial charge in [0.15, 0.2) is 0 Å². The lowest BCUT2D eigenvalue weighted by Gasteiger charge is -2.19. The molecule has 0 aromatic carbocycles. The van der Waals surface area contributed by atoms with Crippen molar-refractivity contribution in [2.45, 2.75) is 38.1 Å². The van der Waals surface area contributed by atoms with E-state index in [1.54, 1.807) is 7.11 Å². The molecule has 1 heterocycles. The zero-order valence-electron chi connectivity index (χ0n) is 12.0. The van der Waals surface area contributed by atoms with Crippen molar-refractivity contribution in [2.75, 3.05) is 26.7 Å². The molecule has 6 nitrogen and oxygen atoms in total. The van der Waals surface area contributed by atoms with Crippen molar-refractivity contribution in [3.8, 4) is 0 Å². The summed E-state index contributed by atoms with van der Waals surface area (Å²) in [5.74, 6) is -0.701. The van der Waals surface area contributed by atoms with Gasteiger partial charge in [-0.3, -0.25) is 4.79 Å². The second kappa shape index (κ2) is 7.48. The Morgan fingerprint density at radius 3 is 2.76 bits per heavy atom. The van der Waals surface area contributed by atoms with E-state index >= 15 is 0 Å². The molecule has 9 heteroatoms. The molecule has 0 aliphatic carbocycles. The molecule has 0 radical (unpaired) electrons.